The normalized spacial score (nSPS) is 10.0. The van der Waals surface area contributed by atoms with E-state index in [1.807, 2.05) is 0 Å². The smallest absolute Gasteiger partial charge is 0.343 e. The molecule has 0 bridgehead atoms. The van der Waals surface area contributed by atoms with Gasteiger partial charge in [0.05, 0.1) is 5.56 Å². The third-order valence-corrected chi connectivity index (χ3v) is 3.12. The third-order valence-electron chi connectivity index (χ3n) is 2.37. The number of carbonyl (C=O) groups is 2. The van der Waals surface area contributed by atoms with Gasteiger partial charge in [0.25, 0.3) is 5.24 Å². The molecule has 0 heterocycles. The Balaban J connectivity index is 2.10. The van der Waals surface area contributed by atoms with Crippen LogP contribution < -0.4 is 4.74 Å². The number of ether oxygens (including phenoxy) is 1. The van der Waals surface area contributed by atoms with Crippen LogP contribution in [-0.4, -0.2) is 11.2 Å². The van der Waals surface area contributed by atoms with Crippen LogP contribution in [0.1, 0.15) is 20.7 Å². The zero-order valence-corrected chi connectivity index (χ0v) is 11.9. The van der Waals surface area contributed by atoms with E-state index in [-0.39, 0.29) is 0 Å². The molecular formula is C14H8BrClO3. The van der Waals surface area contributed by atoms with E-state index in [2.05, 4.69) is 15.9 Å². The first kappa shape index (κ1) is 13.8. The van der Waals surface area contributed by atoms with Crippen molar-refractivity contribution in [1.29, 1.82) is 0 Å². The van der Waals surface area contributed by atoms with Gasteiger partial charge in [-0.1, -0.05) is 15.9 Å². The second-order valence-corrected chi connectivity index (χ2v) is 4.95. The molecule has 2 rings (SSSR count). The Morgan fingerprint density at radius 3 is 1.95 bits per heavy atom. The summed E-state index contributed by atoms with van der Waals surface area (Å²) in [6.07, 6.45) is 0. The molecule has 0 unspecified atom stereocenters. The summed E-state index contributed by atoms with van der Waals surface area (Å²) >= 11 is 8.61. The predicted octanol–water partition coefficient (Wildman–Crippen LogP) is 4.05. The highest BCUT2D eigenvalue weighted by Gasteiger charge is 2.09. The van der Waals surface area contributed by atoms with E-state index in [0.29, 0.717) is 16.9 Å². The maximum atomic E-state index is 11.8. The fraction of sp³-hybridized carbons (Fsp3) is 0. The van der Waals surface area contributed by atoms with E-state index in [0.717, 1.165) is 4.47 Å². The topological polar surface area (TPSA) is 43.4 Å². The van der Waals surface area contributed by atoms with Crippen molar-refractivity contribution in [2.75, 3.05) is 0 Å². The molecule has 0 aliphatic heterocycles. The van der Waals surface area contributed by atoms with E-state index in [4.69, 9.17) is 16.3 Å². The summed E-state index contributed by atoms with van der Waals surface area (Å²) in [5, 5.41) is -0.550. The Hall–Kier alpha value is -1.65. The van der Waals surface area contributed by atoms with E-state index >= 15 is 0 Å². The van der Waals surface area contributed by atoms with Gasteiger partial charge in [-0.2, -0.15) is 0 Å². The Morgan fingerprint density at radius 1 is 0.895 bits per heavy atom. The van der Waals surface area contributed by atoms with Crippen LogP contribution in [0.15, 0.2) is 53.0 Å². The van der Waals surface area contributed by atoms with Gasteiger partial charge in [0.1, 0.15) is 5.75 Å². The number of benzene rings is 2. The van der Waals surface area contributed by atoms with Gasteiger partial charge in [-0.25, -0.2) is 4.79 Å². The van der Waals surface area contributed by atoms with Gasteiger partial charge >= 0.3 is 5.97 Å². The quantitative estimate of drug-likeness (QED) is 0.481. The number of hydrogen-bond acceptors (Lipinski definition) is 3. The molecule has 0 amide bonds. The van der Waals surface area contributed by atoms with Gasteiger partial charge in [-0.05, 0) is 60.1 Å². The highest BCUT2D eigenvalue weighted by Crippen LogP contribution is 2.16. The fourth-order valence-electron chi connectivity index (χ4n) is 1.41. The maximum Gasteiger partial charge on any atom is 0.343 e. The van der Waals surface area contributed by atoms with Gasteiger partial charge in [0, 0.05) is 10.0 Å². The molecule has 0 aliphatic rings. The highest BCUT2D eigenvalue weighted by molar-refractivity contribution is 9.10. The van der Waals surface area contributed by atoms with E-state index in [1.165, 1.54) is 24.3 Å². The molecule has 0 fully saturated rings. The number of rotatable bonds is 3. The van der Waals surface area contributed by atoms with Gasteiger partial charge in [-0.15, -0.1) is 0 Å². The number of halogens is 2. The van der Waals surface area contributed by atoms with Crippen molar-refractivity contribution >= 4 is 38.7 Å². The molecule has 96 valence electrons. The second-order valence-electron chi connectivity index (χ2n) is 3.69. The van der Waals surface area contributed by atoms with Crippen molar-refractivity contribution < 1.29 is 14.3 Å². The lowest BCUT2D eigenvalue weighted by Gasteiger charge is -2.04. The number of carbonyl (C=O) groups excluding carboxylic acids is 2. The largest absolute Gasteiger partial charge is 0.423 e. The molecule has 2 aromatic rings. The Labute approximate surface area is 123 Å². The van der Waals surface area contributed by atoms with Crippen molar-refractivity contribution in [2.45, 2.75) is 0 Å². The first-order chi connectivity index (χ1) is 9.06. The Morgan fingerprint density at radius 2 is 1.42 bits per heavy atom. The number of hydrogen-bond donors (Lipinski definition) is 0. The van der Waals surface area contributed by atoms with Gasteiger partial charge in [-0.3, -0.25) is 4.79 Å². The minimum absolute atomic E-state index is 0.352. The van der Waals surface area contributed by atoms with E-state index in [9.17, 15) is 9.59 Å². The summed E-state index contributed by atoms with van der Waals surface area (Å²) in [4.78, 5) is 22.7. The molecule has 0 atom stereocenters. The van der Waals surface area contributed by atoms with E-state index < -0.39 is 11.2 Å². The predicted molar refractivity (Wildman–Crippen MR) is 75.7 cm³/mol. The molecule has 2 aromatic carbocycles. The van der Waals surface area contributed by atoms with Crippen LogP contribution >= 0.6 is 27.5 Å². The summed E-state index contributed by atoms with van der Waals surface area (Å²) < 4.78 is 6.05. The van der Waals surface area contributed by atoms with Crippen LogP contribution in [0.25, 0.3) is 0 Å². The second kappa shape index (κ2) is 5.99. The van der Waals surface area contributed by atoms with Crippen LogP contribution in [0.3, 0.4) is 0 Å². The summed E-state index contributed by atoms with van der Waals surface area (Å²) in [5.41, 5.74) is 0.797. The van der Waals surface area contributed by atoms with Crippen LogP contribution in [0, 0.1) is 0 Å². The first-order valence-corrected chi connectivity index (χ1v) is 6.51. The molecule has 5 heteroatoms. The van der Waals surface area contributed by atoms with Gasteiger partial charge in [0.2, 0.25) is 0 Å². The van der Waals surface area contributed by atoms with Crippen LogP contribution in [-0.2, 0) is 0 Å². The Kier molecular flexibility index (Phi) is 4.35. The van der Waals surface area contributed by atoms with Crippen molar-refractivity contribution in [2.24, 2.45) is 0 Å². The molecule has 19 heavy (non-hydrogen) atoms. The monoisotopic (exact) mass is 338 g/mol. The first-order valence-electron chi connectivity index (χ1n) is 5.34. The Bertz CT molecular complexity index is 606. The van der Waals surface area contributed by atoms with Gasteiger partial charge in [0.15, 0.2) is 0 Å². The molecule has 0 radical (unpaired) electrons. The lowest BCUT2D eigenvalue weighted by Crippen LogP contribution is -2.08. The zero-order chi connectivity index (χ0) is 13.8. The molecular weight excluding hydrogens is 332 g/mol. The average molecular weight is 340 g/mol. The number of esters is 1. The maximum absolute atomic E-state index is 11.8. The van der Waals surface area contributed by atoms with Crippen molar-refractivity contribution in [3.8, 4) is 5.75 Å². The lowest BCUT2D eigenvalue weighted by atomic mass is 10.2. The van der Waals surface area contributed by atoms with Crippen molar-refractivity contribution in [3.05, 3.63) is 64.1 Å². The van der Waals surface area contributed by atoms with Crippen LogP contribution in [0.4, 0.5) is 0 Å². The minimum atomic E-state index is -0.550. The third kappa shape index (κ3) is 3.66. The van der Waals surface area contributed by atoms with Gasteiger partial charge < -0.3 is 4.74 Å². The lowest BCUT2D eigenvalue weighted by molar-refractivity contribution is 0.0734. The standard InChI is InChI=1S/C14H8BrClO3/c15-11-5-1-10(2-6-11)14(18)19-12-7-3-9(4-8-12)13(16)17/h1-8H. The molecule has 3 nitrogen and oxygen atoms in total. The zero-order valence-electron chi connectivity index (χ0n) is 9.60. The summed E-state index contributed by atoms with van der Waals surface area (Å²) in [7, 11) is 0. The SMILES string of the molecule is O=C(Cl)c1ccc(OC(=O)c2ccc(Br)cc2)cc1. The highest BCUT2D eigenvalue weighted by atomic mass is 79.9. The average Bonchev–Trinajstić information content (AvgIpc) is 2.40. The van der Waals surface area contributed by atoms with E-state index in [1.54, 1.807) is 24.3 Å². The van der Waals surface area contributed by atoms with Crippen molar-refractivity contribution in [1.82, 2.24) is 0 Å². The summed E-state index contributed by atoms with van der Waals surface area (Å²) in [6, 6.07) is 12.9. The molecule has 0 saturated heterocycles. The molecule has 0 N–H and O–H groups in total. The summed E-state index contributed by atoms with van der Waals surface area (Å²) in [6.45, 7) is 0. The molecule has 0 spiro atoms. The summed E-state index contributed by atoms with van der Waals surface area (Å²) in [5.74, 6) is -0.105. The molecule has 0 aliphatic carbocycles. The fourth-order valence-corrected chi connectivity index (χ4v) is 1.80. The van der Waals surface area contributed by atoms with Crippen LogP contribution in [0.2, 0.25) is 0 Å². The van der Waals surface area contributed by atoms with Crippen molar-refractivity contribution in [3.63, 3.8) is 0 Å². The molecule has 0 saturated carbocycles. The minimum Gasteiger partial charge on any atom is -0.423 e. The van der Waals surface area contributed by atoms with Crippen LogP contribution in [0.5, 0.6) is 5.75 Å². The molecule has 0 aromatic heterocycles.